The zero-order chi connectivity index (χ0) is 15.2. The molecule has 1 unspecified atom stereocenters. The number of benzene rings is 2. The number of halogens is 1. The minimum Gasteiger partial charge on any atom is -0.399 e. The van der Waals surface area contributed by atoms with Crippen molar-refractivity contribution in [3.63, 3.8) is 0 Å². The summed E-state index contributed by atoms with van der Waals surface area (Å²) in [7, 11) is -3.60. The molecule has 0 fully saturated rings. The van der Waals surface area contributed by atoms with Gasteiger partial charge in [-0.2, -0.15) is 0 Å². The van der Waals surface area contributed by atoms with Gasteiger partial charge in [-0.25, -0.2) is 8.42 Å². The number of anilines is 2. The molecule has 0 radical (unpaired) electrons. The maximum Gasteiger partial charge on any atom is 0.265 e. The second kappa shape index (κ2) is 5.03. The van der Waals surface area contributed by atoms with E-state index in [9.17, 15) is 8.42 Å². The summed E-state index contributed by atoms with van der Waals surface area (Å²) in [6, 6.07) is 12.1. The monoisotopic (exact) mass is 366 g/mol. The lowest BCUT2D eigenvalue weighted by molar-refractivity contribution is 0.583. The van der Waals surface area contributed by atoms with Gasteiger partial charge in [0.2, 0.25) is 0 Å². The summed E-state index contributed by atoms with van der Waals surface area (Å²) in [4.78, 5) is 0.279. The van der Waals surface area contributed by atoms with E-state index in [0.29, 0.717) is 22.3 Å². The molecule has 3 rings (SSSR count). The number of rotatable bonds is 2. The molecule has 0 saturated carbocycles. The van der Waals surface area contributed by atoms with E-state index in [0.717, 1.165) is 5.56 Å². The Hall–Kier alpha value is -1.53. The summed E-state index contributed by atoms with van der Waals surface area (Å²) in [5.41, 5.74) is 8.13. The smallest absolute Gasteiger partial charge is 0.265 e. The van der Waals surface area contributed by atoms with Gasteiger partial charge in [-0.05, 0) is 65.2 Å². The lowest BCUT2D eigenvalue weighted by atomic mass is 10.1. The molecule has 1 aliphatic rings. The van der Waals surface area contributed by atoms with Crippen LogP contribution in [0.5, 0.6) is 0 Å². The van der Waals surface area contributed by atoms with E-state index in [4.69, 9.17) is 5.73 Å². The Morgan fingerprint density at radius 2 is 1.95 bits per heavy atom. The maximum atomic E-state index is 13.0. The van der Waals surface area contributed by atoms with Crippen LogP contribution in [0.15, 0.2) is 51.8 Å². The number of nitrogens with zero attached hydrogens (tertiary/aromatic N) is 1. The van der Waals surface area contributed by atoms with E-state index in [1.807, 2.05) is 13.0 Å². The Morgan fingerprint density at radius 3 is 2.67 bits per heavy atom. The molecule has 2 aromatic rings. The highest BCUT2D eigenvalue weighted by Crippen LogP contribution is 2.38. The van der Waals surface area contributed by atoms with Crippen molar-refractivity contribution in [2.24, 2.45) is 0 Å². The number of nitrogen functional groups attached to an aromatic ring is 1. The molecule has 0 aromatic heterocycles. The zero-order valence-electron chi connectivity index (χ0n) is 11.5. The molecular weight excluding hydrogens is 352 g/mol. The van der Waals surface area contributed by atoms with Crippen LogP contribution in [0.1, 0.15) is 12.5 Å². The number of fused-ring (bicyclic) bond motifs is 1. The summed E-state index contributed by atoms with van der Waals surface area (Å²) in [5, 5.41) is 0. The van der Waals surface area contributed by atoms with Crippen molar-refractivity contribution in [3.8, 4) is 0 Å². The number of hydrogen-bond donors (Lipinski definition) is 1. The molecule has 21 heavy (non-hydrogen) atoms. The molecule has 4 nitrogen and oxygen atoms in total. The Bertz CT molecular complexity index is 805. The predicted octanol–water partition coefficient (Wildman–Crippen LogP) is 3.17. The average molecular weight is 367 g/mol. The van der Waals surface area contributed by atoms with Gasteiger partial charge in [-0.1, -0.05) is 12.1 Å². The SMILES string of the molecule is CC1Cc2cc(N)ccc2N1S(=O)(=O)c1ccccc1Br. The Morgan fingerprint density at radius 1 is 1.24 bits per heavy atom. The van der Waals surface area contributed by atoms with Gasteiger partial charge in [-0.3, -0.25) is 4.31 Å². The molecule has 2 aromatic carbocycles. The van der Waals surface area contributed by atoms with Crippen LogP contribution >= 0.6 is 15.9 Å². The number of sulfonamides is 1. The summed E-state index contributed by atoms with van der Waals surface area (Å²) in [6.07, 6.45) is 0.671. The molecule has 1 heterocycles. The van der Waals surface area contributed by atoms with Crippen LogP contribution in [0.3, 0.4) is 0 Å². The van der Waals surface area contributed by atoms with Crippen LogP contribution in [0.2, 0.25) is 0 Å². The van der Waals surface area contributed by atoms with Gasteiger partial charge >= 0.3 is 0 Å². The van der Waals surface area contributed by atoms with Gasteiger partial charge in [0.15, 0.2) is 0 Å². The van der Waals surface area contributed by atoms with E-state index < -0.39 is 10.0 Å². The standard InChI is InChI=1S/C15H15BrN2O2S/c1-10-8-11-9-12(17)6-7-14(11)18(10)21(19,20)15-5-3-2-4-13(15)16/h2-7,9-10H,8,17H2,1H3. The van der Waals surface area contributed by atoms with Crippen LogP contribution in [-0.2, 0) is 16.4 Å². The fourth-order valence-corrected chi connectivity index (χ4v) is 5.41. The molecule has 1 atom stereocenters. The minimum atomic E-state index is -3.60. The van der Waals surface area contributed by atoms with Crippen LogP contribution in [0.25, 0.3) is 0 Å². The van der Waals surface area contributed by atoms with Crippen molar-refractivity contribution >= 4 is 37.3 Å². The van der Waals surface area contributed by atoms with Gasteiger partial charge in [-0.15, -0.1) is 0 Å². The van der Waals surface area contributed by atoms with Crippen molar-refractivity contribution in [3.05, 3.63) is 52.5 Å². The van der Waals surface area contributed by atoms with Gasteiger partial charge < -0.3 is 5.73 Å². The lowest BCUT2D eigenvalue weighted by Gasteiger charge is -2.25. The molecule has 2 N–H and O–H groups in total. The highest BCUT2D eigenvalue weighted by Gasteiger charge is 2.36. The molecule has 0 saturated heterocycles. The van der Waals surface area contributed by atoms with Crippen LogP contribution in [0, 0.1) is 0 Å². The van der Waals surface area contributed by atoms with Crippen molar-refractivity contribution in [1.29, 1.82) is 0 Å². The van der Waals surface area contributed by atoms with E-state index in [1.165, 1.54) is 4.31 Å². The molecule has 0 spiro atoms. The van der Waals surface area contributed by atoms with Crippen LogP contribution in [0.4, 0.5) is 11.4 Å². The first-order chi connectivity index (χ1) is 9.91. The first-order valence-corrected chi connectivity index (χ1v) is 8.82. The second-order valence-corrected chi connectivity index (χ2v) is 7.81. The normalized spacial score (nSPS) is 17.8. The summed E-state index contributed by atoms with van der Waals surface area (Å²) in [6.45, 7) is 1.91. The third kappa shape index (κ3) is 2.32. The highest BCUT2D eigenvalue weighted by molar-refractivity contribution is 9.10. The lowest BCUT2D eigenvalue weighted by Crippen LogP contribution is -2.35. The van der Waals surface area contributed by atoms with Gasteiger partial charge in [0.1, 0.15) is 4.90 Å². The largest absolute Gasteiger partial charge is 0.399 e. The molecule has 1 aliphatic heterocycles. The Balaban J connectivity index is 2.15. The number of nitrogens with two attached hydrogens (primary N) is 1. The summed E-state index contributed by atoms with van der Waals surface area (Å²) in [5.74, 6) is 0. The molecule has 110 valence electrons. The third-order valence-corrected chi connectivity index (χ3v) is 6.57. The predicted molar refractivity (Wildman–Crippen MR) is 87.8 cm³/mol. The zero-order valence-corrected chi connectivity index (χ0v) is 13.9. The van der Waals surface area contributed by atoms with E-state index in [2.05, 4.69) is 15.9 Å². The third-order valence-electron chi connectivity index (χ3n) is 3.63. The van der Waals surface area contributed by atoms with E-state index in [1.54, 1.807) is 36.4 Å². The quantitative estimate of drug-likeness (QED) is 0.830. The highest BCUT2D eigenvalue weighted by atomic mass is 79.9. The van der Waals surface area contributed by atoms with Gasteiger partial charge in [0.25, 0.3) is 10.0 Å². The summed E-state index contributed by atoms with van der Waals surface area (Å²) < 4.78 is 28.0. The van der Waals surface area contributed by atoms with E-state index >= 15 is 0 Å². The molecule has 6 heteroatoms. The maximum absolute atomic E-state index is 13.0. The fourth-order valence-electron chi connectivity index (χ4n) is 2.75. The molecule has 0 aliphatic carbocycles. The fraction of sp³-hybridized carbons (Fsp3) is 0.200. The van der Waals surface area contributed by atoms with Crippen molar-refractivity contribution in [2.45, 2.75) is 24.3 Å². The van der Waals surface area contributed by atoms with Crippen molar-refractivity contribution in [1.82, 2.24) is 0 Å². The van der Waals surface area contributed by atoms with E-state index in [-0.39, 0.29) is 10.9 Å². The number of hydrogen-bond acceptors (Lipinski definition) is 3. The van der Waals surface area contributed by atoms with Crippen molar-refractivity contribution in [2.75, 3.05) is 10.0 Å². The van der Waals surface area contributed by atoms with Crippen LogP contribution < -0.4 is 10.0 Å². The van der Waals surface area contributed by atoms with Crippen LogP contribution in [-0.4, -0.2) is 14.5 Å². The first kappa shape index (κ1) is 14.4. The first-order valence-electron chi connectivity index (χ1n) is 6.58. The molecule has 0 amide bonds. The Labute approximate surface area is 132 Å². The minimum absolute atomic E-state index is 0.126. The molecule has 0 bridgehead atoms. The van der Waals surface area contributed by atoms with Crippen molar-refractivity contribution < 1.29 is 8.42 Å². The van der Waals surface area contributed by atoms with Gasteiger partial charge in [0.05, 0.1) is 5.69 Å². The molecular formula is C15H15BrN2O2S. The summed E-state index contributed by atoms with van der Waals surface area (Å²) >= 11 is 3.32. The topological polar surface area (TPSA) is 63.4 Å². The average Bonchev–Trinajstić information content (AvgIpc) is 2.74. The van der Waals surface area contributed by atoms with Gasteiger partial charge in [0, 0.05) is 16.2 Å². The second-order valence-electron chi connectivity index (χ2n) is 5.17. The Kier molecular flexibility index (Phi) is 3.45.